The minimum atomic E-state index is -0.355. The predicted octanol–water partition coefficient (Wildman–Crippen LogP) is 2.13. The van der Waals surface area contributed by atoms with Gasteiger partial charge in [0.15, 0.2) is 0 Å². The van der Waals surface area contributed by atoms with Crippen molar-refractivity contribution in [2.45, 2.75) is 38.6 Å². The van der Waals surface area contributed by atoms with Gasteiger partial charge < -0.3 is 15.7 Å². The highest BCUT2D eigenvalue weighted by molar-refractivity contribution is 5.99. The Morgan fingerprint density at radius 1 is 1.21 bits per heavy atom. The number of imide groups is 1. The second kappa shape index (κ2) is 7.69. The maximum absolute atomic E-state index is 14.2. The Morgan fingerprint density at radius 3 is 2.82 bits per heavy atom. The number of benzene rings is 2. The number of hydrogen-bond acceptors (Lipinski definition) is 5. The lowest BCUT2D eigenvalue weighted by Crippen LogP contribution is -2.44. The molecule has 4 rings (SSSR count). The molecule has 0 bridgehead atoms. The van der Waals surface area contributed by atoms with Gasteiger partial charge in [-0.15, -0.1) is 0 Å². The molecule has 2 aliphatic rings. The van der Waals surface area contributed by atoms with Crippen molar-refractivity contribution in [3.05, 3.63) is 64.5 Å². The summed E-state index contributed by atoms with van der Waals surface area (Å²) in [7, 11) is 0. The van der Waals surface area contributed by atoms with E-state index in [9.17, 15) is 14.0 Å². The second-order valence-electron chi connectivity index (χ2n) is 7.23. The average molecular weight is 383 g/mol. The minimum Gasteiger partial charge on any atom is -0.392 e. The summed E-state index contributed by atoms with van der Waals surface area (Å²) in [5, 5.41) is 18.2. The molecule has 6 nitrogen and oxygen atoms in total. The number of fused-ring (bicyclic) bond motifs is 1. The third-order valence-electron chi connectivity index (χ3n) is 5.50. The number of aliphatic hydroxyl groups excluding tert-OH is 1. The first-order chi connectivity index (χ1) is 13.6. The molecule has 2 aromatic carbocycles. The summed E-state index contributed by atoms with van der Waals surface area (Å²) in [5.74, 6) is -1.08. The summed E-state index contributed by atoms with van der Waals surface area (Å²) in [6.45, 7) is 0.730. The molecule has 2 heterocycles. The molecule has 2 unspecified atom stereocenters. The molecule has 2 amide bonds. The largest absolute Gasteiger partial charge is 0.392 e. The summed E-state index contributed by atoms with van der Waals surface area (Å²) in [4.78, 5) is 23.7. The van der Waals surface area contributed by atoms with Crippen LogP contribution in [0.3, 0.4) is 0 Å². The van der Waals surface area contributed by atoms with E-state index in [2.05, 4.69) is 16.0 Å². The lowest BCUT2D eigenvalue weighted by molar-refractivity contribution is -0.137. The highest BCUT2D eigenvalue weighted by Crippen LogP contribution is 2.38. The van der Waals surface area contributed by atoms with Crippen molar-refractivity contribution in [3.8, 4) is 0 Å². The maximum Gasteiger partial charge on any atom is 0.231 e. The Labute approximate surface area is 162 Å². The summed E-state index contributed by atoms with van der Waals surface area (Å²) >= 11 is 0. The van der Waals surface area contributed by atoms with Gasteiger partial charge >= 0.3 is 0 Å². The second-order valence-corrected chi connectivity index (χ2v) is 7.23. The number of nitrogens with one attached hydrogen (secondary N) is 3. The van der Waals surface area contributed by atoms with E-state index >= 15 is 0 Å². The van der Waals surface area contributed by atoms with E-state index in [1.807, 2.05) is 18.2 Å². The van der Waals surface area contributed by atoms with Crippen LogP contribution in [0, 0.1) is 11.7 Å². The zero-order valence-electron chi connectivity index (χ0n) is 15.3. The van der Waals surface area contributed by atoms with Crippen molar-refractivity contribution >= 4 is 17.5 Å². The molecule has 0 aromatic heterocycles. The number of anilines is 1. The monoisotopic (exact) mass is 383 g/mol. The summed E-state index contributed by atoms with van der Waals surface area (Å²) in [6.07, 6.45) is 0.882. The lowest BCUT2D eigenvalue weighted by atomic mass is 9.86. The molecule has 4 N–H and O–H groups in total. The molecular formula is C21H22FN3O3. The van der Waals surface area contributed by atoms with E-state index in [0.717, 1.165) is 16.8 Å². The van der Waals surface area contributed by atoms with Gasteiger partial charge in [0, 0.05) is 36.8 Å². The summed E-state index contributed by atoms with van der Waals surface area (Å²) in [6, 6.07) is 10.4. The van der Waals surface area contributed by atoms with Gasteiger partial charge in [-0.1, -0.05) is 24.3 Å². The zero-order chi connectivity index (χ0) is 19.7. The van der Waals surface area contributed by atoms with E-state index in [1.54, 1.807) is 12.1 Å². The molecule has 2 aliphatic heterocycles. The highest BCUT2D eigenvalue weighted by atomic mass is 19.1. The van der Waals surface area contributed by atoms with Gasteiger partial charge in [0.25, 0.3) is 0 Å². The molecule has 146 valence electrons. The fourth-order valence-electron chi connectivity index (χ4n) is 3.99. The van der Waals surface area contributed by atoms with Crippen LogP contribution >= 0.6 is 0 Å². The Morgan fingerprint density at radius 2 is 2.07 bits per heavy atom. The first-order valence-electron chi connectivity index (χ1n) is 9.37. The van der Waals surface area contributed by atoms with Crippen molar-refractivity contribution in [1.82, 2.24) is 10.6 Å². The summed E-state index contributed by atoms with van der Waals surface area (Å²) < 4.78 is 14.2. The van der Waals surface area contributed by atoms with Gasteiger partial charge in [0.2, 0.25) is 11.8 Å². The number of rotatable bonds is 5. The maximum atomic E-state index is 14.2. The van der Waals surface area contributed by atoms with E-state index in [-0.39, 0.29) is 36.2 Å². The fourth-order valence-corrected chi connectivity index (χ4v) is 3.99. The predicted molar refractivity (Wildman–Crippen MR) is 102 cm³/mol. The molecule has 1 saturated heterocycles. The van der Waals surface area contributed by atoms with Gasteiger partial charge in [0.05, 0.1) is 12.5 Å². The zero-order valence-corrected chi connectivity index (χ0v) is 15.3. The third-order valence-corrected chi connectivity index (χ3v) is 5.50. The van der Waals surface area contributed by atoms with Gasteiger partial charge in [-0.2, -0.15) is 0 Å². The van der Waals surface area contributed by atoms with Crippen molar-refractivity contribution in [2.24, 2.45) is 5.92 Å². The van der Waals surface area contributed by atoms with E-state index in [1.165, 1.54) is 6.07 Å². The number of carbonyl (C=O) groups is 2. The molecule has 0 aliphatic carbocycles. The van der Waals surface area contributed by atoms with Gasteiger partial charge in [-0.3, -0.25) is 14.9 Å². The topological polar surface area (TPSA) is 90.5 Å². The Bertz CT molecular complexity index is 931. The molecule has 2 aromatic rings. The molecule has 0 saturated carbocycles. The number of aliphatic hydroxyl groups is 1. The van der Waals surface area contributed by atoms with Gasteiger partial charge in [0.1, 0.15) is 5.82 Å². The number of piperidine rings is 1. The highest BCUT2D eigenvalue weighted by Gasteiger charge is 2.37. The van der Waals surface area contributed by atoms with E-state index in [4.69, 9.17) is 5.11 Å². The minimum absolute atomic E-state index is 0.134. The van der Waals surface area contributed by atoms with E-state index < -0.39 is 0 Å². The van der Waals surface area contributed by atoms with Crippen LogP contribution in [-0.4, -0.2) is 16.9 Å². The number of carbonyl (C=O) groups excluding carboxylic acids is 2. The van der Waals surface area contributed by atoms with Crippen LogP contribution in [0.25, 0.3) is 0 Å². The molecule has 28 heavy (non-hydrogen) atoms. The quantitative estimate of drug-likeness (QED) is 0.594. The van der Waals surface area contributed by atoms with Crippen molar-refractivity contribution in [3.63, 3.8) is 0 Å². The number of halogens is 1. The van der Waals surface area contributed by atoms with Crippen LogP contribution in [0.15, 0.2) is 36.4 Å². The Balaban J connectivity index is 1.51. The third kappa shape index (κ3) is 3.50. The average Bonchev–Trinajstić information content (AvgIpc) is 3.11. The van der Waals surface area contributed by atoms with Gasteiger partial charge in [-0.25, -0.2) is 4.39 Å². The number of amides is 2. The van der Waals surface area contributed by atoms with Crippen molar-refractivity contribution in [1.29, 1.82) is 0 Å². The Hall–Kier alpha value is -2.77. The smallest absolute Gasteiger partial charge is 0.231 e. The van der Waals surface area contributed by atoms with Crippen molar-refractivity contribution in [2.75, 3.05) is 5.32 Å². The Kier molecular flexibility index (Phi) is 5.11. The summed E-state index contributed by atoms with van der Waals surface area (Å²) in [5.41, 5.74) is 4.05. The van der Waals surface area contributed by atoms with Crippen molar-refractivity contribution < 1.29 is 19.1 Å². The van der Waals surface area contributed by atoms with Gasteiger partial charge in [-0.05, 0) is 35.2 Å². The van der Waals surface area contributed by atoms with Crippen LogP contribution in [0.4, 0.5) is 10.1 Å². The molecule has 7 heteroatoms. The first-order valence-corrected chi connectivity index (χ1v) is 9.37. The molecular weight excluding hydrogens is 361 g/mol. The van der Waals surface area contributed by atoms with Crippen LogP contribution in [-0.2, 0) is 29.3 Å². The standard InChI is InChI=1S/C21H22FN3O3/c22-17-8-12(11-26)4-5-13(17)9-23-18-3-1-2-14-16(18)10-24-20(14)15-6-7-19(27)25-21(15)28/h1-5,8,15,20,23-24,26H,6-7,9-11H2,(H,25,27,28). The van der Waals surface area contributed by atoms with Crippen LogP contribution in [0.5, 0.6) is 0 Å². The fraction of sp³-hybridized carbons (Fsp3) is 0.333. The lowest BCUT2D eigenvalue weighted by Gasteiger charge is -2.27. The SMILES string of the molecule is O=C1CCC(C2NCc3c(NCc4ccc(CO)cc4F)cccc32)C(=O)N1. The normalized spacial score (nSPS) is 21.4. The van der Waals surface area contributed by atoms with E-state index in [0.29, 0.717) is 37.1 Å². The van der Waals surface area contributed by atoms with Crippen LogP contribution in [0.1, 0.15) is 41.1 Å². The van der Waals surface area contributed by atoms with Crippen LogP contribution < -0.4 is 16.0 Å². The molecule has 0 radical (unpaired) electrons. The number of hydrogen-bond donors (Lipinski definition) is 4. The first kappa shape index (κ1) is 18.6. The van der Waals surface area contributed by atoms with Crippen LogP contribution in [0.2, 0.25) is 0 Å². The molecule has 1 fully saturated rings. The molecule has 0 spiro atoms. The molecule has 2 atom stereocenters.